The number of hydrogen-bond donors (Lipinski definition) is 1. The second kappa shape index (κ2) is 4.86. The Hall–Kier alpha value is -1.75. The van der Waals surface area contributed by atoms with Gasteiger partial charge in [0.05, 0.1) is 12.2 Å². The van der Waals surface area contributed by atoms with Crippen LogP contribution < -0.4 is 14.8 Å². The third-order valence-corrected chi connectivity index (χ3v) is 3.10. The highest BCUT2D eigenvalue weighted by atomic mass is 79.9. The molecule has 18 heavy (non-hydrogen) atoms. The summed E-state index contributed by atoms with van der Waals surface area (Å²) in [6.45, 7) is 0.972. The Bertz CT molecular complexity index is 557. The number of halogens is 1. The van der Waals surface area contributed by atoms with Gasteiger partial charge < -0.3 is 14.8 Å². The van der Waals surface area contributed by atoms with Gasteiger partial charge in [0.1, 0.15) is 0 Å². The number of benzene rings is 1. The Kier molecular flexibility index (Phi) is 3.06. The maximum atomic E-state index is 5.32. The van der Waals surface area contributed by atoms with Gasteiger partial charge in [0.25, 0.3) is 0 Å². The number of ether oxygens (including phenoxy) is 2. The molecule has 4 nitrogen and oxygen atoms in total. The highest BCUT2D eigenvalue weighted by Crippen LogP contribution is 2.34. The third kappa shape index (κ3) is 2.41. The summed E-state index contributed by atoms with van der Waals surface area (Å²) in [5.74, 6) is 1.58. The van der Waals surface area contributed by atoms with Crippen molar-refractivity contribution in [1.82, 2.24) is 4.98 Å². The fourth-order valence-corrected chi connectivity index (χ4v) is 1.94. The zero-order valence-corrected chi connectivity index (χ0v) is 11.1. The van der Waals surface area contributed by atoms with Crippen molar-refractivity contribution >= 4 is 21.6 Å². The molecule has 1 aliphatic heterocycles. The third-order valence-electron chi connectivity index (χ3n) is 2.63. The fraction of sp³-hybridized carbons (Fsp3) is 0.154. The van der Waals surface area contributed by atoms with E-state index in [9.17, 15) is 0 Å². The number of anilines is 1. The predicted octanol–water partition coefficient (Wildman–Crippen LogP) is 3.18. The second-order valence-corrected chi connectivity index (χ2v) is 4.81. The molecule has 0 aliphatic carbocycles. The molecule has 0 radical (unpaired) electrons. The molecular formula is C13H11BrN2O2. The molecule has 1 aromatic heterocycles. The molecule has 0 fully saturated rings. The lowest BCUT2D eigenvalue weighted by Gasteiger charge is -2.06. The number of rotatable bonds is 3. The Labute approximate surface area is 113 Å². The first-order valence-corrected chi connectivity index (χ1v) is 6.34. The molecule has 0 saturated heterocycles. The molecule has 92 valence electrons. The summed E-state index contributed by atoms with van der Waals surface area (Å²) >= 11 is 3.36. The van der Waals surface area contributed by atoms with E-state index in [1.165, 1.54) is 0 Å². The molecular weight excluding hydrogens is 296 g/mol. The summed E-state index contributed by atoms with van der Waals surface area (Å²) in [4.78, 5) is 4.30. The quantitative estimate of drug-likeness (QED) is 0.946. The lowest BCUT2D eigenvalue weighted by Crippen LogP contribution is -2.01. The van der Waals surface area contributed by atoms with Crippen molar-refractivity contribution in [3.05, 3.63) is 46.7 Å². The van der Waals surface area contributed by atoms with Crippen molar-refractivity contribution in [2.45, 2.75) is 6.54 Å². The van der Waals surface area contributed by atoms with E-state index in [1.54, 1.807) is 6.20 Å². The van der Waals surface area contributed by atoms with E-state index in [0.717, 1.165) is 27.4 Å². The normalized spacial score (nSPS) is 12.5. The first kappa shape index (κ1) is 11.3. The molecule has 5 heteroatoms. The van der Waals surface area contributed by atoms with E-state index in [4.69, 9.17) is 9.47 Å². The summed E-state index contributed by atoms with van der Waals surface area (Å²) in [7, 11) is 0. The molecule has 1 aromatic carbocycles. The van der Waals surface area contributed by atoms with E-state index >= 15 is 0 Å². The molecule has 1 N–H and O–H groups in total. The molecule has 0 atom stereocenters. The van der Waals surface area contributed by atoms with Gasteiger partial charge in [-0.3, -0.25) is 4.98 Å². The Morgan fingerprint density at radius 3 is 2.89 bits per heavy atom. The minimum absolute atomic E-state index is 0.299. The maximum absolute atomic E-state index is 5.32. The minimum Gasteiger partial charge on any atom is -0.454 e. The van der Waals surface area contributed by atoms with Gasteiger partial charge in [0.15, 0.2) is 11.5 Å². The maximum Gasteiger partial charge on any atom is 0.231 e. The van der Waals surface area contributed by atoms with E-state index < -0.39 is 0 Å². The number of pyridine rings is 1. The Balaban J connectivity index is 1.68. The van der Waals surface area contributed by atoms with E-state index in [1.807, 2.05) is 30.3 Å². The number of nitrogens with one attached hydrogen (secondary N) is 1. The van der Waals surface area contributed by atoms with Crippen molar-refractivity contribution in [3.8, 4) is 11.5 Å². The van der Waals surface area contributed by atoms with Crippen molar-refractivity contribution < 1.29 is 9.47 Å². The van der Waals surface area contributed by atoms with Crippen LogP contribution in [0.4, 0.5) is 5.69 Å². The second-order valence-electron chi connectivity index (χ2n) is 3.89. The highest BCUT2D eigenvalue weighted by Gasteiger charge is 2.12. The monoisotopic (exact) mass is 306 g/mol. The van der Waals surface area contributed by atoms with Crippen LogP contribution in [0.1, 0.15) is 5.69 Å². The van der Waals surface area contributed by atoms with E-state index in [-0.39, 0.29) is 0 Å². The minimum atomic E-state index is 0.299. The van der Waals surface area contributed by atoms with E-state index in [2.05, 4.69) is 26.2 Å². The van der Waals surface area contributed by atoms with Crippen molar-refractivity contribution in [2.24, 2.45) is 0 Å². The Morgan fingerprint density at radius 2 is 2.06 bits per heavy atom. The van der Waals surface area contributed by atoms with Crippen LogP contribution in [0.5, 0.6) is 11.5 Å². The van der Waals surface area contributed by atoms with Gasteiger partial charge in [-0.25, -0.2) is 0 Å². The fourth-order valence-electron chi connectivity index (χ4n) is 1.71. The lowest BCUT2D eigenvalue weighted by molar-refractivity contribution is 0.174. The van der Waals surface area contributed by atoms with Gasteiger partial charge >= 0.3 is 0 Å². The number of aromatic nitrogens is 1. The van der Waals surface area contributed by atoms with Crippen LogP contribution in [0.2, 0.25) is 0 Å². The van der Waals surface area contributed by atoms with Crippen molar-refractivity contribution in [2.75, 3.05) is 12.1 Å². The number of hydrogen-bond acceptors (Lipinski definition) is 4. The highest BCUT2D eigenvalue weighted by molar-refractivity contribution is 9.10. The summed E-state index contributed by atoms with van der Waals surface area (Å²) in [6.07, 6.45) is 1.79. The summed E-state index contributed by atoms with van der Waals surface area (Å²) < 4.78 is 11.6. The first-order chi connectivity index (χ1) is 8.81. The standard InChI is InChI=1S/C13H11BrN2O2/c14-9-1-2-11(15-6-9)7-16-10-3-4-12-13(5-10)18-8-17-12/h1-6,16H,7-8H2. The summed E-state index contributed by atoms with van der Waals surface area (Å²) in [5.41, 5.74) is 1.97. The Morgan fingerprint density at radius 1 is 1.17 bits per heavy atom. The van der Waals surface area contributed by atoms with Crippen LogP contribution in [0, 0.1) is 0 Å². The summed E-state index contributed by atoms with van der Waals surface area (Å²) in [6, 6.07) is 9.75. The smallest absolute Gasteiger partial charge is 0.231 e. The number of nitrogens with zero attached hydrogens (tertiary/aromatic N) is 1. The van der Waals surface area contributed by atoms with Gasteiger partial charge in [-0.15, -0.1) is 0 Å². The number of fused-ring (bicyclic) bond motifs is 1. The van der Waals surface area contributed by atoms with Crippen LogP contribution in [0.15, 0.2) is 41.0 Å². The zero-order valence-electron chi connectivity index (χ0n) is 9.52. The SMILES string of the molecule is Brc1ccc(CNc2ccc3c(c2)OCO3)nc1. The van der Waals surface area contributed by atoms with E-state index in [0.29, 0.717) is 13.3 Å². The average molecular weight is 307 g/mol. The molecule has 2 heterocycles. The van der Waals surface area contributed by atoms with Gasteiger partial charge in [-0.1, -0.05) is 0 Å². The molecule has 3 rings (SSSR count). The average Bonchev–Trinajstić information content (AvgIpc) is 2.85. The summed E-state index contributed by atoms with van der Waals surface area (Å²) in [5, 5.41) is 3.30. The molecule has 0 unspecified atom stereocenters. The van der Waals surface area contributed by atoms with Crippen LogP contribution in [-0.4, -0.2) is 11.8 Å². The van der Waals surface area contributed by atoms with Crippen molar-refractivity contribution in [3.63, 3.8) is 0 Å². The van der Waals surface area contributed by atoms with Gasteiger partial charge in [0, 0.05) is 22.4 Å². The molecule has 0 amide bonds. The van der Waals surface area contributed by atoms with Crippen LogP contribution >= 0.6 is 15.9 Å². The lowest BCUT2D eigenvalue weighted by atomic mass is 10.2. The van der Waals surface area contributed by atoms with Gasteiger partial charge in [-0.05, 0) is 40.2 Å². The predicted molar refractivity (Wildman–Crippen MR) is 71.8 cm³/mol. The topological polar surface area (TPSA) is 43.4 Å². The van der Waals surface area contributed by atoms with Crippen LogP contribution in [-0.2, 0) is 6.54 Å². The van der Waals surface area contributed by atoms with Gasteiger partial charge in [0.2, 0.25) is 6.79 Å². The molecule has 0 spiro atoms. The molecule has 1 aliphatic rings. The van der Waals surface area contributed by atoms with Crippen LogP contribution in [0.25, 0.3) is 0 Å². The first-order valence-electron chi connectivity index (χ1n) is 5.55. The molecule has 0 saturated carbocycles. The zero-order chi connectivity index (χ0) is 12.4. The molecule has 2 aromatic rings. The van der Waals surface area contributed by atoms with Gasteiger partial charge in [-0.2, -0.15) is 0 Å². The largest absolute Gasteiger partial charge is 0.454 e. The van der Waals surface area contributed by atoms with Crippen LogP contribution in [0.3, 0.4) is 0 Å². The molecule has 0 bridgehead atoms. The van der Waals surface area contributed by atoms with Crippen molar-refractivity contribution in [1.29, 1.82) is 0 Å².